The van der Waals surface area contributed by atoms with Crippen molar-refractivity contribution in [2.75, 3.05) is 11.1 Å². The SMILES string of the molecule is Cc1ccc(-c2csc(NC(=O)CSc3nnc([C@H](C)NC(=O)c4ccccc4)n3C)n2)cc1[N+](=O)[O-]. The van der Waals surface area contributed by atoms with Crippen LogP contribution in [0.5, 0.6) is 0 Å². The van der Waals surface area contributed by atoms with E-state index >= 15 is 0 Å². The minimum Gasteiger partial charge on any atom is -0.342 e. The average molecular weight is 538 g/mol. The molecule has 0 radical (unpaired) electrons. The Morgan fingerprint density at radius 3 is 2.68 bits per heavy atom. The number of aromatic nitrogens is 4. The lowest BCUT2D eigenvalue weighted by atomic mass is 10.1. The summed E-state index contributed by atoms with van der Waals surface area (Å²) in [5.41, 5.74) is 2.27. The standard InChI is InChI=1S/C24H23N7O4S2/c1-14-9-10-17(11-19(14)31(34)35)18-12-36-23(26-18)27-20(32)13-37-24-29-28-21(30(24)3)15(2)25-22(33)16-7-5-4-6-8-16/h4-12,15H,13H2,1-3H3,(H,25,33)(H,26,27,32)/t15-/m0/s1. The van der Waals surface area contributed by atoms with Crippen molar-refractivity contribution < 1.29 is 14.5 Å². The molecule has 2 aromatic carbocycles. The van der Waals surface area contributed by atoms with Crippen LogP contribution in [-0.4, -0.2) is 42.2 Å². The number of thioether (sulfide) groups is 1. The van der Waals surface area contributed by atoms with Crippen LogP contribution in [0.25, 0.3) is 11.3 Å². The Morgan fingerprint density at radius 1 is 1.19 bits per heavy atom. The van der Waals surface area contributed by atoms with Gasteiger partial charge in [-0.15, -0.1) is 21.5 Å². The fourth-order valence-electron chi connectivity index (χ4n) is 3.48. The van der Waals surface area contributed by atoms with Gasteiger partial charge in [0.2, 0.25) is 5.91 Å². The number of nitro groups is 1. The Hall–Kier alpha value is -4.10. The Labute approximate surface area is 220 Å². The number of benzene rings is 2. The molecule has 0 aliphatic rings. The summed E-state index contributed by atoms with van der Waals surface area (Å²) in [6, 6.07) is 13.4. The molecule has 190 valence electrons. The van der Waals surface area contributed by atoms with Gasteiger partial charge in [-0.25, -0.2) is 4.98 Å². The van der Waals surface area contributed by atoms with Crippen molar-refractivity contribution >= 4 is 45.7 Å². The van der Waals surface area contributed by atoms with E-state index in [2.05, 4.69) is 25.8 Å². The van der Waals surface area contributed by atoms with E-state index in [9.17, 15) is 19.7 Å². The first-order valence-electron chi connectivity index (χ1n) is 11.1. The van der Waals surface area contributed by atoms with Crippen LogP contribution in [0.15, 0.2) is 59.1 Å². The summed E-state index contributed by atoms with van der Waals surface area (Å²) in [4.78, 5) is 40.1. The first-order valence-corrected chi connectivity index (χ1v) is 13.0. The number of thiazole rings is 1. The molecule has 0 saturated heterocycles. The average Bonchev–Trinajstić information content (AvgIpc) is 3.49. The van der Waals surface area contributed by atoms with Gasteiger partial charge in [0, 0.05) is 35.2 Å². The van der Waals surface area contributed by atoms with Crippen molar-refractivity contribution in [2.45, 2.75) is 25.0 Å². The molecule has 0 aliphatic carbocycles. The number of hydrogen-bond acceptors (Lipinski definition) is 9. The van der Waals surface area contributed by atoms with Gasteiger partial charge in [-0.2, -0.15) is 0 Å². The summed E-state index contributed by atoms with van der Waals surface area (Å²) in [6.45, 7) is 3.49. The van der Waals surface area contributed by atoms with E-state index in [-0.39, 0.29) is 29.3 Å². The smallest absolute Gasteiger partial charge is 0.272 e. The highest BCUT2D eigenvalue weighted by Crippen LogP contribution is 2.29. The first kappa shape index (κ1) is 26.0. The van der Waals surface area contributed by atoms with Crippen molar-refractivity contribution in [2.24, 2.45) is 7.05 Å². The van der Waals surface area contributed by atoms with Gasteiger partial charge in [0.25, 0.3) is 11.6 Å². The molecular weight excluding hydrogens is 514 g/mol. The van der Waals surface area contributed by atoms with Crippen molar-refractivity contribution in [3.8, 4) is 11.3 Å². The van der Waals surface area contributed by atoms with Crippen LogP contribution in [0.2, 0.25) is 0 Å². The molecule has 4 rings (SSSR count). The van der Waals surface area contributed by atoms with Crippen LogP contribution in [0, 0.1) is 17.0 Å². The quantitative estimate of drug-likeness (QED) is 0.182. The number of hydrogen-bond donors (Lipinski definition) is 2. The van der Waals surface area contributed by atoms with Crippen molar-refractivity contribution in [3.05, 3.63) is 81.0 Å². The highest BCUT2D eigenvalue weighted by Gasteiger charge is 2.19. The van der Waals surface area contributed by atoms with Crippen LogP contribution in [-0.2, 0) is 11.8 Å². The molecule has 2 N–H and O–H groups in total. The second kappa shape index (κ2) is 11.3. The third-order valence-corrected chi connectivity index (χ3v) is 7.20. The highest BCUT2D eigenvalue weighted by molar-refractivity contribution is 7.99. The summed E-state index contributed by atoms with van der Waals surface area (Å²) >= 11 is 2.44. The van der Waals surface area contributed by atoms with Gasteiger partial charge < -0.3 is 15.2 Å². The van der Waals surface area contributed by atoms with Crippen LogP contribution < -0.4 is 10.6 Å². The zero-order valence-electron chi connectivity index (χ0n) is 20.2. The molecule has 13 heteroatoms. The number of aryl methyl sites for hydroxylation is 1. The molecule has 0 fully saturated rings. The maximum Gasteiger partial charge on any atom is 0.272 e. The molecule has 0 bridgehead atoms. The second-order valence-corrected chi connectivity index (χ2v) is 9.89. The largest absolute Gasteiger partial charge is 0.342 e. The monoisotopic (exact) mass is 537 g/mol. The van der Waals surface area contributed by atoms with Gasteiger partial charge in [-0.3, -0.25) is 19.7 Å². The molecule has 1 atom stereocenters. The number of amides is 2. The zero-order valence-corrected chi connectivity index (χ0v) is 21.8. The number of anilines is 1. The molecule has 2 amide bonds. The van der Waals surface area contributed by atoms with E-state index in [1.54, 1.807) is 60.3 Å². The molecular formula is C24H23N7O4S2. The molecule has 0 saturated carbocycles. The van der Waals surface area contributed by atoms with E-state index in [4.69, 9.17) is 0 Å². The summed E-state index contributed by atoms with van der Waals surface area (Å²) < 4.78 is 1.74. The lowest BCUT2D eigenvalue weighted by Gasteiger charge is -2.13. The molecule has 2 heterocycles. The Kier molecular flexibility index (Phi) is 7.94. The van der Waals surface area contributed by atoms with Crippen LogP contribution in [0.3, 0.4) is 0 Å². The number of carbonyl (C=O) groups excluding carboxylic acids is 2. The summed E-state index contributed by atoms with van der Waals surface area (Å²) in [6.07, 6.45) is 0. The third-order valence-electron chi connectivity index (χ3n) is 5.42. The van der Waals surface area contributed by atoms with E-state index in [1.165, 1.54) is 29.2 Å². The predicted octanol–water partition coefficient (Wildman–Crippen LogP) is 4.38. The number of nitrogens with one attached hydrogen (secondary N) is 2. The Bertz CT molecular complexity index is 1450. The van der Waals surface area contributed by atoms with Crippen molar-refractivity contribution in [3.63, 3.8) is 0 Å². The van der Waals surface area contributed by atoms with Gasteiger partial charge in [-0.05, 0) is 26.0 Å². The summed E-state index contributed by atoms with van der Waals surface area (Å²) in [5, 5.41) is 27.8. The maximum absolute atomic E-state index is 12.5. The summed E-state index contributed by atoms with van der Waals surface area (Å²) in [5.74, 6) is 0.134. The highest BCUT2D eigenvalue weighted by atomic mass is 32.2. The van der Waals surface area contributed by atoms with Gasteiger partial charge in [0.15, 0.2) is 16.1 Å². The number of nitrogens with zero attached hydrogens (tertiary/aromatic N) is 5. The fraction of sp³-hybridized carbons (Fsp3) is 0.208. The van der Waals surface area contributed by atoms with E-state index in [0.29, 0.717) is 38.5 Å². The lowest BCUT2D eigenvalue weighted by molar-refractivity contribution is -0.385. The fourth-order valence-corrected chi connectivity index (χ4v) is 4.93. The van der Waals surface area contributed by atoms with Gasteiger partial charge in [0.05, 0.1) is 22.4 Å². The Balaban J connectivity index is 1.33. The molecule has 4 aromatic rings. The molecule has 0 unspecified atom stereocenters. The molecule has 37 heavy (non-hydrogen) atoms. The van der Waals surface area contributed by atoms with E-state index in [1.807, 2.05) is 13.0 Å². The lowest BCUT2D eigenvalue weighted by Crippen LogP contribution is -2.28. The number of nitro benzene ring substituents is 1. The second-order valence-electron chi connectivity index (χ2n) is 8.09. The van der Waals surface area contributed by atoms with Gasteiger partial charge in [-0.1, -0.05) is 42.1 Å². The Morgan fingerprint density at radius 2 is 1.95 bits per heavy atom. The number of rotatable bonds is 9. The minimum atomic E-state index is -0.430. The van der Waals surface area contributed by atoms with Gasteiger partial charge >= 0.3 is 0 Å². The summed E-state index contributed by atoms with van der Waals surface area (Å²) in [7, 11) is 1.77. The number of carbonyl (C=O) groups is 2. The van der Waals surface area contributed by atoms with Crippen LogP contribution >= 0.6 is 23.1 Å². The maximum atomic E-state index is 12.5. The van der Waals surface area contributed by atoms with Crippen LogP contribution in [0.1, 0.15) is 34.7 Å². The first-order chi connectivity index (χ1) is 17.7. The molecule has 11 nitrogen and oxygen atoms in total. The predicted molar refractivity (Wildman–Crippen MR) is 142 cm³/mol. The topological polar surface area (TPSA) is 145 Å². The third kappa shape index (κ3) is 6.19. The zero-order chi connectivity index (χ0) is 26.5. The normalized spacial score (nSPS) is 11.6. The molecule has 2 aromatic heterocycles. The van der Waals surface area contributed by atoms with E-state index in [0.717, 1.165) is 0 Å². The van der Waals surface area contributed by atoms with Crippen LogP contribution in [0.4, 0.5) is 10.8 Å². The van der Waals surface area contributed by atoms with Crippen molar-refractivity contribution in [1.29, 1.82) is 0 Å². The molecule has 0 aliphatic heterocycles. The van der Waals surface area contributed by atoms with Crippen molar-refractivity contribution in [1.82, 2.24) is 25.1 Å². The van der Waals surface area contributed by atoms with E-state index < -0.39 is 4.92 Å². The minimum absolute atomic E-state index is 0.0180. The molecule has 0 spiro atoms. The van der Waals surface area contributed by atoms with Gasteiger partial charge in [0.1, 0.15) is 0 Å².